The van der Waals surface area contributed by atoms with Gasteiger partial charge in [0.05, 0.1) is 23.7 Å². The molecule has 1 aliphatic heterocycles. The highest BCUT2D eigenvalue weighted by Crippen LogP contribution is 2.15. The number of aryl methyl sites for hydroxylation is 1. The normalized spacial score (nSPS) is 19.0. The van der Waals surface area contributed by atoms with E-state index >= 15 is 0 Å². The number of amides is 1. The number of thiazole rings is 1. The zero-order valence-electron chi connectivity index (χ0n) is 12.9. The van der Waals surface area contributed by atoms with Crippen LogP contribution in [0, 0.1) is 5.92 Å². The molecule has 0 bridgehead atoms. The maximum absolute atomic E-state index is 11.9. The van der Waals surface area contributed by atoms with E-state index in [1.807, 2.05) is 5.38 Å². The van der Waals surface area contributed by atoms with Gasteiger partial charge in [-0.3, -0.25) is 4.79 Å². The summed E-state index contributed by atoms with van der Waals surface area (Å²) in [4.78, 5) is 18.8. The zero-order valence-corrected chi connectivity index (χ0v) is 13.7. The monoisotopic (exact) mass is 311 g/mol. The van der Waals surface area contributed by atoms with Crippen molar-refractivity contribution in [3.05, 3.63) is 16.1 Å². The van der Waals surface area contributed by atoms with Crippen molar-refractivity contribution in [2.45, 2.75) is 26.2 Å². The van der Waals surface area contributed by atoms with Gasteiger partial charge in [-0.15, -0.1) is 11.3 Å². The van der Waals surface area contributed by atoms with Crippen molar-refractivity contribution in [1.29, 1.82) is 0 Å². The summed E-state index contributed by atoms with van der Waals surface area (Å²) in [5, 5.41) is 6.13. The van der Waals surface area contributed by atoms with E-state index < -0.39 is 0 Å². The van der Waals surface area contributed by atoms with E-state index in [1.54, 1.807) is 18.4 Å². The van der Waals surface area contributed by atoms with E-state index in [9.17, 15) is 4.79 Å². The fourth-order valence-electron chi connectivity index (χ4n) is 2.58. The summed E-state index contributed by atoms with van der Waals surface area (Å²) >= 11 is 1.63. The minimum atomic E-state index is 0.0818. The number of carbonyl (C=O) groups is 1. The Labute approximate surface area is 130 Å². The Hall–Kier alpha value is -0.980. The first-order valence-electron chi connectivity index (χ1n) is 7.62. The number of likely N-dealkylation sites (tertiary alicyclic amines) is 1. The molecule has 0 spiro atoms. The molecule has 0 radical (unpaired) electrons. The van der Waals surface area contributed by atoms with E-state index in [0.29, 0.717) is 12.3 Å². The van der Waals surface area contributed by atoms with Gasteiger partial charge in [0.2, 0.25) is 5.91 Å². The summed E-state index contributed by atoms with van der Waals surface area (Å²) in [6.45, 7) is 6.78. The van der Waals surface area contributed by atoms with Crippen LogP contribution in [-0.2, 0) is 22.4 Å². The second-order valence-electron chi connectivity index (χ2n) is 5.52. The van der Waals surface area contributed by atoms with E-state index in [1.165, 1.54) is 0 Å². The number of hydrogen-bond donors (Lipinski definition) is 1. The molecule has 1 N–H and O–H groups in total. The van der Waals surface area contributed by atoms with Crippen LogP contribution >= 0.6 is 11.3 Å². The van der Waals surface area contributed by atoms with Crippen LogP contribution in [0.3, 0.4) is 0 Å². The maximum atomic E-state index is 11.9. The van der Waals surface area contributed by atoms with E-state index in [4.69, 9.17) is 4.74 Å². The molecule has 0 unspecified atom stereocenters. The Morgan fingerprint density at radius 2 is 2.48 bits per heavy atom. The van der Waals surface area contributed by atoms with Crippen LogP contribution in [0.15, 0.2) is 5.38 Å². The average Bonchev–Trinajstić information content (AvgIpc) is 3.12. The molecule has 1 aromatic heterocycles. The minimum absolute atomic E-state index is 0.0818. The van der Waals surface area contributed by atoms with Crippen LogP contribution in [0.2, 0.25) is 0 Å². The standard InChI is InChI=1S/C15H25N3O2S/c1-3-15-17-13(11-21-15)8-14(19)16-9-12-4-5-18(10-12)6-7-20-2/h11-12H,3-10H2,1-2H3,(H,16,19)/t12-/m1/s1. The first-order valence-corrected chi connectivity index (χ1v) is 8.50. The van der Waals surface area contributed by atoms with Gasteiger partial charge in [0.1, 0.15) is 0 Å². The molecule has 1 atom stereocenters. The summed E-state index contributed by atoms with van der Waals surface area (Å²) in [5.41, 5.74) is 0.891. The first-order chi connectivity index (χ1) is 10.2. The highest BCUT2D eigenvalue weighted by molar-refractivity contribution is 7.09. The van der Waals surface area contributed by atoms with Crippen molar-refractivity contribution >= 4 is 17.2 Å². The van der Waals surface area contributed by atoms with Gasteiger partial charge < -0.3 is 15.0 Å². The van der Waals surface area contributed by atoms with Gasteiger partial charge in [-0.1, -0.05) is 6.92 Å². The molecular weight excluding hydrogens is 286 g/mol. The maximum Gasteiger partial charge on any atom is 0.226 e. The molecule has 1 aromatic rings. The Kier molecular flexibility index (Phi) is 6.60. The second kappa shape index (κ2) is 8.46. The number of aromatic nitrogens is 1. The fourth-order valence-corrected chi connectivity index (χ4v) is 3.33. The first kappa shape index (κ1) is 16.4. The Morgan fingerprint density at radius 3 is 3.19 bits per heavy atom. The quantitative estimate of drug-likeness (QED) is 0.787. The summed E-state index contributed by atoms with van der Waals surface area (Å²) in [6, 6.07) is 0. The van der Waals surface area contributed by atoms with Crippen LogP contribution in [0.1, 0.15) is 24.0 Å². The lowest BCUT2D eigenvalue weighted by atomic mass is 10.1. The highest BCUT2D eigenvalue weighted by Gasteiger charge is 2.22. The van der Waals surface area contributed by atoms with Gasteiger partial charge in [-0.2, -0.15) is 0 Å². The van der Waals surface area contributed by atoms with Gasteiger partial charge in [0.15, 0.2) is 0 Å². The summed E-state index contributed by atoms with van der Waals surface area (Å²) in [7, 11) is 1.73. The van der Waals surface area contributed by atoms with Crippen molar-refractivity contribution in [3.8, 4) is 0 Å². The molecule has 0 saturated carbocycles. The average molecular weight is 311 g/mol. The van der Waals surface area contributed by atoms with Gasteiger partial charge in [0, 0.05) is 32.1 Å². The van der Waals surface area contributed by atoms with Crippen LogP contribution < -0.4 is 5.32 Å². The lowest BCUT2D eigenvalue weighted by molar-refractivity contribution is -0.120. The molecular formula is C15H25N3O2S. The Balaban J connectivity index is 1.65. The van der Waals surface area contributed by atoms with E-state index in [-0.39, 0.29) is 5.91 Å². The van der Waals surface area contributed by atoms with E-state index in [2.05, 4.69) is 22.1 Å². The molecule has 21 heavy (non-hydrogen) atoms. The number of nitrogens with zero attached hydrogens (tertiary/aromatic N) is 2. The smallest absolute Gasteiger partial charge is 0.226 e. The van der Waals surface area contributed by atoms with Gasteiger partial charge in [-0.05, 0) is 25.3 Å². The third-order valence-electron chi connectivity index (χ3n) is 3.81. The molecule has 2 rings (SSSR count). The van der Waals surface area contributed by atoms with Crippen molar-refractivity contribution < 1.29 is 9.53 Å². The second-order valence-corrected chi connectivity index (χ2v) is 6.46. The number of methoxy groups -OCH3 is 1. The molecule has 5 nitrogen and oxygen atoms in total. The van der Waals surface area contributed by atoms with Crippen molar-refractivity contribution in [1.82, 2.24) is 15.2 Å². The molecule has 1 fully saturated rings. The van der Waals surface area contributed by atoms with Crippen molar-refractivity contribution in [3.63, 3.8) is 0 Å². The van der Waals surface area contributed by atoms with Crippen molar-refractivity contribution in [2.24, 2.45) is 5.92 Å². The fraction of sp³-hybridized carbons (Fsp3) is 0.733. The number of hydrogen-bond acceptors (Lipinski definition) is 5. The van der Waals surface area contributed by atoms with Gasteiger partial charge in [0.25, 0.3) is 0 Å². The van der Waals surface area contributed by atoms with Gasteiger partial charge in [-0.25, -0.2) is 4.98 Å². The topological polar surface area (TPSA) is 54.5 Å². The molecule has 6 heteroatoms. The molecule has 1 amide bonds. The Bertz CT molecular complexity index is 450. The van der Waals surface area contributed by atoms with Gasteiger partial charge >= 0.3 is 0 Å². The lowest BCUT2D eigenvalue weighted by Gasteiger charge is -2.15. The third kappa shape index (κ3) is 5.37. The van der Waals surface area contributed by atoms with Crippen LogP contribution in [0.4, 0.5) is 0 Å². The zero-order chi connectivity index (χ0) is 15.1. The predicted molar refractivity (Wildman–Crippen MR) is 84.6 cm³/mol. The molecule has 118 valence electrons. The molecule has 1 saturated heterocycles. The summed E-state index contributed by atoms with van der Waals surface area (Å²) < 4.78 is 5.10. The lowest BCUT2D eigenvalue weighted by Crippen LogP contribution is -2.32. The third-order valence-corrected chi connectivity index (χ3v) is 4.85. The van der Waals surface area contributed by atoms with Crippen LogP contribution in [-0.4, -0.2) is 55.7 Å². The number of ether oxygens (including phenoxy) is 1. The van der Waals surface area contributed by atoms with E-state index in [0.717, 1.165) is 56.3 Å². The summed E-state index contributed by atoms with van der Waals surface area (Å²) in [5.74, 6) is 0.644. The SMILES string of the molecule is CCc1nc(CC(=O)NC[C@H]2CCN(CCOC)C2)cs1. The number of rotatable bonds is 8. The number of carbonyl (C=O) groups excluding carboxylic acids is 1. The highest BCUT2D eigenvalue weighted by atomic mass is 32.1. The molecule has 0 aromatic carbocycles. The van der Waals surface area contributed by atoms with Crippen LogP contribution in [0.25, 0.3) is 0 Å². The minimum Gasteiger partial charge on any atom is -0.383 e. The summed E-state index contributed by atoms with van der Waals surface area (Å²) in [6.07, 6.45) is 2.49. The molecule has 0 aliphatic carbocycles. The largest absolute Gasteiger partial charge is 0.383 e. The molecule has 1 aliphatic rings. The number of nitrogens with one attached hydrogen (secondary N) is 1. The molecule has 2 heterocycles. The van der Waals surface area contributed by atoms with Crippen LogP contribution in [0.5, 0.6) is 0 Å². The predicted octanol–water partition coefficient (Wildman–Crippen LogP) is 1.33. The van der Waals surface area contributed by atoms with Crippen molar-refractivity contribution in [2.75, 3.05) is 39.9 Å². The Morgan fingerprint density at radius 1 is 1.62 bits per heavy atom.